The van der Waals surface area contributed by atoms with Crippen molar-refractivity contribution in [2.24, 2.45) is 5.14 Å². The first kappa shape index (κ1) is 15.3. The molecule has 0 saturated carbocycles. The van der Waals surface area contributed by atoms with Crippen LogP contribution in [0, 0.1) is 5.82 Å². The highest BCUT2D eigenvalue weighted by molar-refractivity contribution is 7.89. The van der Waals surface area contributed by atoms with Crippen LogP contribution in [0.4, 0.5) is 21.5 Å². The molecule has 0 heterocycles. The van der Waals surface area contributed by atoms with Crippen molar-refractivity contribution >= 4 is 27.1 Å². The van der Waals surface area contributed by atoms with Crippen molar-refractivity contribution in [2.45, 2.75) is 11.8 Å². The average molecular weight is 309 g/mol. The van der Waals surface area contributed by atoms with Gasteiger partial charge in [-0.2, -0.15) is 0 Å². The van der Waals surface area contributed by atoms with Crippen molar-refractivity contribution < 1.29 is 12.8 Å². The Morgan fingerprint density at radius 3 is 2.48 bits per heavy atom. The Balaban J connectivity index is 2.57. The molecule has 21 heavy (non-hydrogen) atoms. The molecule has 0 radical (unpaired) electrons. The maximum atomic E-state index is 13.4. The minimum Gasteiger partial charge on any atom is -0.397 e. The Hall–Kier alpha value is -2.12. The van der Waals surface area contributed by atoms with E-state index in [-0.39, 0.29) is 10.7 Å². The fraction of sp³-hybridized carbons (Fsp3) is 0.143. The SMILES string of the molecule is CCN(c1cccc(F)c1)c1cc(S(N)(=O)=O)ccc1N. The van der Waals surface area contributed by atoms with Crippen molar-refractivity contribution in [3.05, 3.63) is 48.3 Å². The van der Waals surface area contributed by atoms with E-state index in [1.807, 2.05) is 6.92 Å². The highest BCUT2D eigenvalue weighted by Gasteiger charge is 2.15. The van der Waals surface area contributed by atoms with Crippen LogP contribution in [-0.2, 0) is 10.0 Å². The zero-order valence-corrected chi connectivity index (χ0v) is 12.3. The number of nitrogens with zero attached hydrogens (tertiary/aromatic N) is 1. The number of benzene rings is 2. The summed E-state index contributed by atoms with van der Waals surface area (Å²) in [6.45, 7) is 2.34. The Morgan fingerprint density at radius 1 is 1.19 bits per heavy atom. The summed E-state index contributed by atoms with van der Waals surface area (Å²) < 4.78 is 36.3. The first-order valence-corrected chi connectivity index (χ1v) is 7.83. The van der Waals surface area contributed by atoms with Gasteiger partial charge in [0, 0.05) is 12.2 Å². The summed E-state index contributed by atoms with van der Waals surface area (Å²) in [6, 6.07) is 10.2. The van der Waals surface area contributed by atoms with E-state index in [4.69, 9.17) is 10.9 Å². The molecule has 4 N–H and O–H groups in total. The number of hydrogen-bond acceptors (Lipinski definition) is 4. The molecule has 0 aliphatic rings. The molecule has 0 aliphatic heterocycles. The van der Waals surface area contributed by atoms with Gasteiger partial charge in [-0.3, -0.25) is 0 Å². The number of primary sulfonamides is 1. The topological polar surface area (TPSA) is 89.4 Å². The van der Waals surface area contributed by atoms with E-state index in [0.717, 1.165) is 0 Å². The summed E-state index contributed by atoms with van der Waals surface area (Å²) in [4.78, 5) is 1.68. The first-order chi connectivity index (χ1) is 9.82. The van der Waals surface area contributed by atoms with E-state index in [1.165, 1.54) is 30.3 Å². The fourth-order valence-corrected chi connectivity index (χ4v) is 2.60. The van der Waals surface area contributed by atoms with Crippen LogP contribution in [0.3, 0.4) is 0 Å². The van der Waals surface area contributed by atoms with Crippen molar-refractivity contribution in [1.82, 2.24) is 0 Å². The van der Waals surface area contributed by atoms with Crippen LogP contribution < -0.4 is 15.8 Å². The molecule has 0 bridgehead atoms. The number of sulfonamides is 1. The number of hydrogen-bond donors (Lipinski definition) is 2. The van der Waals surface area contributed by atoms with E-state index in [2.05, 4.69) is 0 Å². The number of nitrogen functional groups attached to an aromatic ring is 1. The number of nitrogens with two attached hydrogens (primary N) is 2. The molecule has 2 aromatic carbocycles. The lowest BCUT2D eigenvalue weighted by atomic mass is 10.2. The zero-order chi connectivity index (χ0) is 15.6. The average Bonchev–Trinajstić information content (AvgIpc) is 2.40. The first-order valence-electron chi connectivity index (χ1n) is 6.28. The van der Waals surface area contributed by atoms with Gasteiger partial charge < -0.3 is 10.6 Å². The maximum Gasteiger partial charge on any atom is 0.238 e. The second-order valence-electron chi connectivity index (χ2n) is 4.49. The molecule has 0 saturated heterocycles. The summed E-state index contributed by atoms with van der Waals surface area (Å²) in [5, 5.41) is 5.13. The molecule has 2 aromatic rings. The standard InChI is InChI=1S/C14H16FN3O2S/c1-2-18(11-5-3-4-10(15)8-11)14-9-12(21(17,19)20)6-7-13(14)16/h3-9H,2,16H2,1H3,(H2,17,19,20). The largest absolute Gasteiger partial charge is 0.397 e. The lowest BCUT2D eigenvalue weighted by Gasteiger charge is -2.25. The number of halogens is 1. The molecule has 112 valence electrons. The lowest BCUT2D eigenvalue weighted by molar-refractivity contribution is 0.598. The van der Waals surface area contributed by atoms with Crippen LogP contribution in [0.25, 0.3) is 0 Å². The van der Waals surface area contributed by atoms with Gasteiger partial charge in [0.25, 0.3) is 0 Å². The van der Waals surface area contributed by atoms with Crippen LogP contribution in [0.1, 0.15) is 6.92 Å². The predicted octanol–water partition coefficient (Wildman–Crippen LogP) is 2.21. The van der Waals surface area contributed by atoms with Crippen molar-refractivity contribution in [3.63, 3.8) is 0 Å². The van der Waals surface area contributed by atoms with Crippen molar-refractivity contribution in [3.8, 4) is 0 Å². The second kappa shape index (κ2) is 5.71. The van der Waals surface area contributed by atoms with Gasteiger partial charge in [0.05, 0.1) is 16.3 Å². The van der Waals surface area contributed by atoms with Gasteiger partial charge in [-0.25, -0.2) is 17.9 Å². The minimum atomic E-state index is -3.83. The lowest BCUT2D eigenvalue weighted by Crippen LogP contribution is -2.19. The number of anilines is 3. The molecular formula is C14H16FN3O2S. The van der Waals surface area contributed by atoms with Gasteiger partial charge in [0.15, 0.2) is 0 Å². The van der Waals surface area contributed by atoms with Gasteiger partial charge in [0.1, 0.15) is 5.82 Å². The third-order valence-electron chi connectivity index (χ3n) is 3.06. The minimum absolute atomic E-state index is 0.0402. The molecule has 0 fully saturated rings. The van der Waals surface area contributed by atoms with Gasteiger partial charge >= 0.3 is 0 Å². The summed E-state index contributed by atoms with van der Waals surface area (Å²) in [6.07, 6.45) is 0. The molecule has 0 atom stereocenters. The van der Waals surface area contributed by atoms with Gasteiger partial charge in [-0.15, -0.1) is 0 Å². The Morgan fingerprint density at radius 2 is 1.90 bits per heavy atom. The molecule has 0 aromatic heterocycles. The van der Waals surface area contributed by atoms with Crippen LogP contribution >= 0.6 is 0 Å². The molecule has 0 aliphatic carbocycles. The highest BCUT2D eigenvalue weighted by atomic mass is 32.2. The summed E-state index contributed by atoms with van der Waals surface area (Å²) in [5.74, 6) is -0.382. The highest BCUT2D eigenvalue weighted by Crippen LogP contribution is 2.32. The quantitative estimate of drug-likeness (QED) is 0.847. The third kappa shape index (κ3) is 3.32. The van der Waals surface area contributed by atoms with E-state index >= 15 is 0 Å². The van der Waals surface area contributed by atoms with Crippen molar-refractivity contribution in [2.75, 3.05) is 17.2 Å². The van der Waals surface area contributed by atoms with E-state index in [1.54, 1.807) is 17.0 Å². The van der Waals surface area contributed by atoms with Crippen LogP contribution in [0.2, 0.25) is 0 Å². The smallest absolute Gasteiger partial charge is 0.238 e. The van der Waals surface area contributed by atoms with Crippen molar-refractivity contribution in [1.29, 1.82) is 0 Å². The Labute approximate surface area is 123 Å². The molecule has 0 unspecified atom stereocenters. The molecule has 0 amide bonds. The van der Waals surface area contributed by atoms with E-state index in [9.17, 15) is 12.8 Å². The normalized spacial score (nSPS) is 11.4. The molecule has 2 rings (SSSR count). The fourth-order valence-electron chi connectivity index (χ4n) is 2.07. The summed E-state index contributed by atoms with van der Waals surface area (Å²) in [7, 11) is -3.83. The zero-order valence-electron chi connectivity index (χ0n) is 11.5. The van der Waals surface area contributed by atoms with Crippen LogP contribution in [0.15, 0.2) is 47.4 Å². The van der Waals surface area contributed by atoms with Crippen LogP contribution in [-0.4, -0.2) is 15.0 Å². The Bertz CT molecular complexity index is 763. The molecule has 7 heteroatoms. The number of rotatable bonds is 4. The Kier molecular flexibility index (Phi) is 4.15. The maximum absolute atomic E-state index is 13.4. The van der Waals surface area contributed by atoms with Gasteiger partial charge in [0.2, 0.25) is 10.0 Å². The molecule has 0 spiro atoms. The van der Waals surface area contributed by atoms with E-state index < -0.39 is 10.0 Å². The predicted molar refractivity (Wildman–Crippen MR) is 81.3 cm³/mol. The summed E-state index contributed by atoms with van der Waals surface area (Å²) in [5.41, 5.74) is 7.34. The van der Waals surface area contributed by atoms with E-state index in [0.29, 0.717) is 23.6 Å². The molecule has 5 nitrogen and oxygen atoms in total. The third-order valence-corrected chi connectivity index (χ3v) is 3.97. The summed E-state index contributed by atoms with van der Waals surface area (Å²) >= 11 is 0. The van der Waals surface area contributed by atoms with Gasteiger partial charge in [-0.1, -0.05) is 6.07 Å². The van der Waals surface area contributed by atoms with Crippen LogP contribution in [0.5, 0.6) is 0 Å². The van der Waals surface area contributed by atoms with Gasteiger partial charge in [-0.05, 0) is 43.3 Å². The molecular weight excluding hydrogens is 293 g/mol. The monoisotopic (exact) mass is 309 g/mol. The second-order valence-corrected chi connectivity index (χ2v) is 6.05.